The molecule has 0 saturated carbocycles. The van der Waals surface area contributed by atoms with Gasteiger partial charge in [0.1, 0.15) is 0 Å². The molecule has 0 aliphatic rings. The van der Waals surface area contributed by atoms with Gasteiger partial charge in [-0.05, 0) is 20.3 Å². The van der Waals surface area contributed by atoms with Gasteiger partial charge in [0.2, 0.25) is 5.91 Å². The fourth-order valence-electron chi connectivity index (χ4n) is 1.54. The minimum atomic E-state index is -0.646. The van der Waals surface area contributed by atoms with Gasteiger partial charge in [0.05, 0.1) is 12.0 Å². The number of hydrogen-bond acceptors (Lipinski definition) is 2. The van der Waals surface area contributed by atoms with Crippen LogP contribution in [0.1, 0.15) is 59.3 Å². The summed E-state index contributed by atoms with van der Waals surface area (Å²) in [6.07, 6.45) is 7.49. The number of nitrogens with one attached hydrogen (secondary N) is 1. The molecular formula is C14H31IN4O. The van der Waals surface area contributed by atoms with E-state index in [0.717, 1.165) is 13.0 Å². The third kappa shape index (κ3) is 11.3. The molecular weight excluding hydrogens is 367 g/mol. The van der Waals surface area contributed by atoms with E-state index in [0.29, 0.717) is 12.5 Å². The average Bonchev–Trinajstić information content (AvgIpc) is 2.35. The summed E-state index contributed by atoms with van der Waals surface area (Å²) in [5, 5.41) is 3.06. The highest BCUT2D eigenvalue weighted by molar-refractivity contribution is 14.0. The van der Waals surface area contributed by atoms with Gasteiger partial charge < -0.3 is 16.8 Å². The van der Waals surface area contributed by atoms with Gasteiger partial charge in [-0.15, -0.1) is 24.0 Å². The number of aliphatic imine (C=N–C) groups is 1. The molecule has 0 saturated heterocycles. The molecule has 0 unspecified atom stereocenters. The lowest BCUT2D eigenvalue weighted by Crippen LogP contribution is -2.37. The van der Waals surface area contributed by atoms with Crippen molar-refractivity contribution in [2.24, 2.45) is 21.9 Å². The number of carbonyl (C=O) groups excluding carboxylic acids is 1. The Morgan fingerprint density at radius 3 is 2.20 bits per heavy atom. The van der Waals surface area contributed by atoms with E-state index in [1.807, 2.05) is 0 Å². The summed E-state index contributed by atoms with van der Waals surface area (Å²) >= 11 is 0. The molecule has 0 heterocycles. The van der Waals surface area contributed by atoms with Crippen LogP contribution in [0.5, 0.6) is 0 Å². The molecule has 0 aromatic heterocycles. The maximum atomic E-state index is 11.1. The molecule has 0 spiro atoms. The number of hydrogen-bond donors (Lipinski definition) is 3. The Bertz CT molecular complexity index is 293. The molecule has 0 aromatic rings. The second-order valence-electron chi connectivity index (χ2n) is 5.64. The number of guanidine groups is 1. The molecule has 120 valence electrons. The number of rotatable bonds is 10. The minimum Gasteiger partial charge on any atom is -0.370 e. The highest BCUT2D eigenvalue weighted by Crippen LogP contribution is 2.13. The molecule has 5 N–H and O–H groups in total. The fraction of sp³-hybridized carbons (Fsp3) is 0.857. The third-order valence-corrected chi connectivity index (χ3v) is 3.15. The van der Waals surface area contributed by atoms with Gasteiger partial charge in [-0.3, -0.25) is 9.79 Å². The van der Waals surface area contributed by atoms with Gasteiger partial charge in [0, 0.05) is 6.54 Å². The lowest BCUT2D eigenvalue weighted by atomic mass is 9.93. The largest absolute Gasteiger partial charge is 0.370 e. The predicted molar refractivity (Wildman–Crippen MR) is 96.3 cm³/mol. The SMILES string of the molecule is CCCCCCCCNC(N)=NCC(C)(C)C(N)=O.I. The highest BCUT2D eigenvalue weighted by atomic mass is 127. The van der Waals surface area contributed by atoms with Crippen LogP contribution in [-0.4, -0.2) is 25.0 Å². The lowest BCUT2D eigenvalue weighted by molar-refractivity contribution is -0.125. The lowest BCUT2D eigenvalue weighted by Gasteiger charge is -2.17. The van der Waals surface area contributed by atoms with Crippen LogP contribution in [0.3, 0.4) is 0 Å². The number of nitrogens with two attached hydrogens (primary N) is 2. The molecule has 6 heteroatoms. The summed E-state index contributed by atoms with van der Waals surface area (Å²) in [4.78, 5) is 15.3. The second-order valence-corrected chi connectivity index (χ2v) is 5.64. The zero-order valence-electron chi connectivity index (χ0n) is 13.1. The Morgan fingerprint density at radius 1 is 1.10 bits per heavy atom. The number of primary amides is 1. The number of nitrogens with zero attached hydrogens (tertiary/aromatic N) is 1. The van der Waals surface area contributed by atoms with E-state index in [1.54, 1.807) is 13.8 Å². The van der Waals surface area contributed by atoms with Gasteiger partial charge in [-0.1, -0.05) is 39.0 Å². The molecule has 5 nitrogen and oxygen atoms in total. The second kappa shape index (κ2) is 12.2. The van der Waals surface area contributed by atoms with Crippen molar-refractivity contribution in [3.8, 4) is 0 Å². The number of unbranched alkanes of at least 4 members (excludes halogenated alkanes) is 5. The Balaban J connectivity index is 0. The average molecular weight is 398 g/mol. The van der Waals surface area contributed by atoms with Crippen LogP contribution in [0, 0.1) is 5.41 Å². The van der Waals surface area contributed by atoms with E-state index in [9.17, 15) is 4.79 Å². The van der Waals surface area contributed by atoms with Crippen LogP contribution < -0.4 is 16.8 Å². The molecule has 0 aromatic carbocycles. The summed E-state index contributed by atoms with van der Waals surface area (Å²) in [6, 6.07) is 0. The fourth-order valence-corrected chi connectivity index (χ4v) is 1.54. The first kappa shape index (κ1) is 21.8. The van der Waals surface area contributed by atoms with Crippen LogP contribution in [0.15, 0.2) is 4.99 Å². The molecule has 0 radical (unpaired) electrons. The van der Waals surface area contributed by atoms with Gasteiger partial charge in [0.25, 0.3) is 0 Å². The monoisotopic (exact) mass is 398 g/mol. The van der Waals surface area contributed by atoms with Crippen molar-refractivity contribution in [2.45, 2.75) is 59.3 Å². The number of amides is 1. The van der Waals surface area contributed by atoms with Gasteiger partial charge in [0.15, 0.2) is 5.96 Å². The molecule has 20 heavy (non-hydrogen) atoms. The molecule has 0 bridgehead atoms. The molecule has 0 fully saturated rings. The first-order chi connectivity index (χ1) is 8.90. The van der Waals surface area contributed by atoms with Gasteiger partial charge in [-0.2, -0.15) is 0 Å². The van der Waals surface area contributed by atoms with Crippen LogP contribution >= 0.6 is 24.0 Å². The van der Waals surface area contributed by atoms with E-state index >= 15 is 0 Å². The van der Waals surface area contributed by atoms with Crippen molar-refractivity contribution in [1.29, 1.82) is 0 Å². The minimum absolute atomic E-state index is 0. The maximum Gasteiger partial charge on any atom is 0.224 e. The zero-order chi connectivity index (χ0) is 14.7. The van der Waals surface area contributed by atoms with Crippen molar-refractivity contribution in [3.63, 3.8) is 0 Å². The third-order valence-electron chi connectivity index (χ3n) is 3.15. The maximum absolute atomic E-state index is 11.1. The Morgan fingerprint density at radius 2 is 1.65 bits per heavy atom. The molecule has 0 aliphatic heterocycles. The predicted octanol–water partition coefficient (Wildman–Crippen LogP) is 2.38. The Kier molecular flexibility index (Phi) is 13.3. The van der Waals surface area contributed by atoms with Crippen LogP contribution in [0.2, 0.25) is 0 Å². The molecule has 0 rings (SSSR count). The normalized spacial score (nSPS) is 11.8. The van der Waals surface area contributed by atoms with Crippen molar-refractivity contribution in [1.82, 2.24) is 5.32 Å². The number of carbonyl (C=O) groups is 1. The summed E-state index contributed by atoms with van der Waals surface area (Å²) < 4.78 is 0. The van der Waals surface area contributed by atoms with Crippen molar-refractivity contribution < 1.29 is 4.79 Å². The van der Waals surface area contributed by atoms with E-state index in [4.69, 9.17) is 11.5 Å². The van der Waals surface area contributed by atoms with E-state index in [2.05, 4.69) is 17.2 Å². The standard InChI is InChI=1S/C14H30N4O.HI/c1-4-5-6-7-8-9-10-17-13(16)18-11-14(2,3)12(15)19;/h4-11H2,1-3H3,(H2,15,19)(H3,16,17,18);1H. The zero-order valence-corrected chi connectivity index (χ0v) is 15.4. The van der Waals surface area contributed by atoms with E-state index in [1.165, 1.54) is 32.1 Å². The summed E-state index contributed by atoms with van der Waals surface area (Å²) in [5.74, 6) is 0.0304. The van der Waals surface area contributed by atoms with Crippen LogP contribution in [0.25, 0.3) is 0 Å². The molecule has 0 aliphatic carbocycles. The van der Waals surface area contributed by atoms with Gasteiger partial charge in [-0.25, -0.2) is 0 Å². The first-order valence-corrected chi connectivity index (χ1v) is 7.24. The quantitative estimate of drug-likeness (QED) is 0.228. The summed E-state index contributed by atoms with van der Waals surface area (Å²) in [5.41, 5.74) is 10.4. The topological polar surface area (TPSA) is 93.5 Å². The molecule has 1 amide bonds. The highest BCUT2D eigenvalue weighted by Gasteiger charge is 2.24. The summed E-state index contributed by atoms with van der Waals surface area (Å²) in [7, 11) is 0. The van der Waals surface area contributed by atoms with Crippen LogP contribution in [0.4, 0.5) is 0 Å². The number of halogens is 1. The van der Waals surface area contributed by atoms with Crippen LogP contribution in [-0.2, 0) is 4.79 Å². The smallest absolute Gasteiger partial charge is 0.224 e. The Hall–Kier alpha value is -0.530. The van der Waals surface area contributed by atoms with Crippen molar-refractivity contribution in [3.05, 3.63) is 0 Å². The Labute approximate surface area is 140 Å². The van der Waals surface area contributed by atoms with Crippen molar-refractivity contribution in [2.75, 3.05) is 13.1 Å². The first-order valence-electron chi connectivity index (χ1n) is 7.24. The van der Waals surface area contributed by atoms with E-state index in [-0.39, 0.29) is 29.9 Å². The van der Waals surface area contributed by atoms with E-state index < -0.39 is 5.41 Å². The van der Waals surface area contributed by atoms with Gasteiger partial charge >= 0.3 is 0 Å². The summed E-state index contributed by atoms with van der Waals surface area (Å²) in [6.45, 7) is 6.89. The van der Waals surface area contributed by atoms with Crippen molar-refractivity contribution >= 4 is 35.8 Å². The molecule has 0 atom stereocenters.